The number of ether oxygens (including phenoxy) is 1. The molecular weight excluding hydrogens is 220 g/mol. The molecule has 2 amide bonds. The van der Waals surface area contributed by atoms with Gasteiger partial charge in [-0.15, -0.1) is 0 Å². The van der Waals surface area contributed by atoms with E-state index in [-0.39, 0.29) is 24.6 Å². The number of carbonyl (C=O) groups is 2. The SMILES string of the molecule is CC(C)(C)OC(=O)N1CC(=O)N2CCCC1C2. The Labute approximate surface area is 102 Å². The number of amides is 2. The highest BCUT2D eigenvalue weighted by Gasteiger charge is 2.38. The van der Waals surface area contributed by atoms with E-state index in [4.69, 9.17) is 4.74 Å². The molecule has 0 aliphatic carbocycles. The molecule has 5 nitrogen and oxygen atoms in total. The van der Waals surface area contributed by atoms with Gasteiger partial charge in [0.05, 0.1) is 6.04 Å². The van der Waals surface area contributed by atoms with Crippen molar-refractivity contribution < 1.29 is 14.3 Å². The summed E-state index contributed by atoms with van der Waals surface area (Å²) in [5.74, 6) is 0.0341. The molecule has 0 N–H and O–H groups in total. The molecule has 2 aliphatic rings. The summed E-state index contributed by atoms with van der Waals surface area (Å²) in [4.78, 5) is 27.2. The number of piperazine rings is 1. The minimum absolute atomic E-state index is 0.0341. The van der Waals surface area contributed by atoms with Crippen molar-refractivity contribution in [2.45, 2.75) is 45.3 Å². The maximum Gasteiger partial charge on any atom is 0.411 e. The zero-order chi connectivity index (χ0) is 12.6. The number of hydrogen-bond acceptors (Lipinski definition) is 3. The topological polar surface area (TPSA) is 49.9 Å². The zero-order valence-corrected chi connectivity index (χ0v) is 10.7. The zero-order valence-electron chi connectivity index (χ0n) is 10.7. The van der Waals surface area contributed by atoms with E-state index >= 15 is 0 Å². The molecule has 2 saturated heterocycles. The van der Waals surface area contributed by atoms with Gasteiger partial charge in [-0.2, -0.15) is 0 Å². The summed E-state index contributed by atoms with van der Waals surface area (Å²) in [5, 5.41) is 0. The Kier molecular flexibility index (Phi) is 3.02. The first-order valence-electron chi connectivity index (χ1n) is 6.14. The highest BCUT2D eigenvalue weighted by atomic mass is 16.6. The predicted octanol–water partition coefficient (Wildman–Crippen LogP) is 1.23. The lowest BCUT2D eigenvalue weighted by Gasteiger charge is -2.44. The number of nitrogens with zero attached hydrogens (tertiary/aromatic N) is 2. The molecule has 0 aromatic heterocycles. The van der Waals surface area contributed by atoms with Gasteiger partial charge in [-0.05, 0) is 33.6 Å². The van der Waals surface area contributed by atoms with Gasteiger partial charge in [0, 0.05) is 13.1 Å². The van der Waals surface area contributed by atoms with Crippen LogP contribution >= 0.6 is 0 Å². The Balaban J connectivity index is 2.05. The van der Waals surface area contributed by atoms with Crippen LogP contribution < -0.4 is 0 Å². The van der Waals surface area contributed by atoms with E-state index < -0.39 is 5.60 Å². The van der Waals surface area contributed by atoms with Crippen LogP contribution in [0.25, 0.3) is 0 Å². The van der Waals surface area contributed by atoms with Crippen LogP contribution in [0.15, 0.2) is 0 Å². The number of fused-ring (bicyclic) bond motifs is 2. The van der Waals surface area contributed by atoms with E-state index in [9.17, 15) is 9.59 Å². The van der Waals surface area contributed by atoms with Gasteiger partial charge in [-0.1, -0.05) is 0 Å². The normalized spacial score (nSPS) is 24.9. The smallest absolute Gasteiger partial charge is 0.411 e. The van der Waals surface area contributed by atoms with Gasteiger partial charge in [0.15, 0.2) is 0 Å². The Hall–Kier alpha value is -1.26. The van der Waals surface area contributed by atoms with Crippen LogP contribution in [0.5, 0.6) is 0 Å². The molecule has 2 aliphatic heterocycles. The summed E-state index contributed by atoms with van der Waals surface area (Å²) in [5.41, 5.74) is -0.508. The van der Waals surface area contributed by atoms with E-state index in [0.29, 0.717) is 6.54 Å². The third-order valence-corrected chi connectivity index (χ3v) is 3.12. The maximum atomic E-state index is 12.0. The number of piperidine rings is 1. The molecule has 2 bridgehead atoms. The minimum Gasteiger partial charge on any atom is -0.444 e. The summed E-state index contributed by atoms with van der Waals surface area (Å²) in [7, 11) is 0. The molecule has 2 heterocycles. The fourth-order valence-electron chi connectivity index (χ4n) is 2.34. The first-order chi connectivity index (χ1) is 7.87. The first-order valence-corrected chi connectivity index (χ1v) is 6.14. The predicted molar refractivity (Wildman–Crippen MR) is 62.5 cm³/mol. The first kappa shape index (κ1) is 12.2. The summed E-state index contributed by atoms with van der Waals surface area (Å²) in [6, 6.07) is 0.135. The Bertz CT molecular complexity index is 335. The van der Waals surface area contributed by atoms with Crippen molar-refractivity contribution in [3.63, 3.8) is 0 Å². The van der Waals surface area contributed by atoms with Crippen molar-refractivity contribution >= 4 is 12.0 Å². The third-order valence-electron chi connectivity index (χ3n) is 3.12. The Morgan fingerprint density at radius 3 is 2.76 bits per heavy atom. The van der Waals surface area contributed by atoms with Crippen LogP contribution in [0.4, 0.5) is 4.79 Å². The largest absolute Gasteiger partial charge is 0.444 e. The van der Waals surface area contributed by atoms with Gasteiger partial charge < -0.3 is 9.64 Å². The van der Waals surface area contributed by atoms with Crippen molar-refractivity contribution in [2.24, 2.45) is 0 Å². The quantitative estimate of drug-likeness (QED) is 0.640. The Morgan fingerprint density at radius 1 is 1.41 bits per heavy atom. The van der Waals surface area contributed by atoms with E-state index in [1.54, 1.807) is 4.90 Å². The molecule has 5 heteroatoms. The number of rotatable bonds is 0. The summed E-state index contributed by atoms with van der Waals surface area (Å²) in [6.45, 7) is 7.17. The number of carbonyl (C=O) groups excluding carboxylic acids is 2. The van der Waals surface area contributed by atoms with Gasteiger partial charge in [-0.25, -0.2) is 4.79 Å². The average Bonchev–Trinajstić information content (AvgIpc) is 2.21. The molecule has 2 fully saturated rings. The highest BCUT2D eigenvalue weighted by Crippen LogP contribution is 2.23. The van der Waals surface area contributed by atoms with E-state index in [1.807, 2.05) is 25.7 Å². The molecule has 0 aromatic rings. The molecule has 0 saturated carbocycles. The van der Waals surface area contributed by atoms with Gasteiger partial charge in [0.2, 0.25) is 5.91 Å². The molecule has 17 heavy (non-hydrogen) atoms. The van der Waals surface area contributed by atoms with Crippen molar-refractivity contribution in [1.82, 2.24) is 9.80 Å². The molecule has 0 radical (unpaired) electrons. The molecule has 1 unspecified atom stereocenters. The van der Waals surface area contributed by atoms with Crippen molar-refractivity contribution in [3.8, 4) is 0 Å². The molecule has 96 valence electrons. The fraction of sp³-hybridized carbons (Fsp3) is 0.833. The highest BCUT2D eigenvalue weighted by molar-refractivity contribution is 5.84. The number of hydrogen-bond donors (Lipinski definition) is 0. The second-order valence-electron chi connectivity index (χ2n) is 5.74. The van der Waals surface area contributed by atoms with Crippen LogP contribution in [0.3, 0.4) is 0 Å². The van der Waals surface area contributed by atoms with Crippen LogP contribution in [0, 0.1) is 0 Å². The second-order valence-corrected chi connectivity index (χ2v) is 5.74. The second kappa shape index (κ2) is 4.20. The Morgan fingerprint density at radius 2 is 2.12 bits per heavy atom. The average molecular weight is 240 g/mol. The standard InChI is InChI=1S/C12H20N2O3/c1-12(2,3)17-11(16)14-8-10(15)13-6-4-5-9(14)7-13/h9H,4-8H2,1-3H3. The molecule has 2 rings (SSSR count). The van der Waals surface area contributed by atoms with Crippen molar-refractivity contribution in [1.29, 1.82) is 0 Å². The van der Waals surface area contributed by atoms with Gasteiger partial charge in [0.25, 0.3) is 0 Å². The third kappa shape index (κ3) is 2.70. The van der Waals surface area contributed by atoms with Gasteiger partial charge in [-0.3, -0.25) is 9.69 Å². The summed E-state index contributed by atoms with van der Waals surface area (Å²) in [6.07, 6.45) is 1.57. The van der Waals surface area contributed by atoms with E-state index in [1.165, 1.54) is 0 Å². The fourth-order valence-corrected chi connectivity index (χ4v) is 2.34. The molecule has 1 atom stereocenters. The molecular formula is C12H20N2O3. The monoisotopic (exact) mass is 240 g/mol. The van der Waals surface area contributed by atoms with Crippen LogP contribution in [-0.4, -0.2) is 53.1 Å². The van der Waals surface area contributed by atoms with Crippen LogP contribution in [0.2, 0.25) is 0 Å². The minimum atomic E-state index is -0.508. The van der Waals surface area contributed by atoms with E-state index in [0.717, 1.165) is 19.4 Å². The summed E-state index contributed by atoms with van der Waals surface area (Å²) >= 11 is 0. The van der Waals surface area contributed by atoms with E-state index in [2.05, 4.69) is 0 Å². The van der Waals surface area contributed by atoms with Crippen LogP contribution in [0.1, 0.15) is 33.6 Å². The van der Waals surface area contributed by atoms with Gasteiger partial charge in [0.1, 0.15) is 12.1 Å². The summed E-state index contributed by atoms with van der Waals surface area (Å²) < 4.78 is 5.33. The lowest BCUT2D eigenvalue weighted by Crippen LogP contribution is -2.60. The van der Waals surface area contributed by atoms with Gasteiger partial charge >= 0.3 is 6.09 Å². The van der Waals surface area contributed by atoms with Crippen molar-refractivity contribution in [2.75, 3.05) is 19.6 Å². The van der Waals surface area contributed by atoms with Crippen molar-refractivity contribution in [3.05, 3.63) is 0 Å². The lowest BCUT2D eigenvalue weighted by atomic mass is 10.0. The molecule has 0 spiro atoms. The lowest BCUT2D eigenvalue weighted by molar-refractivity contribution is -0.140. The molecule has 0 aromatic carbocycles. The van der Waals surface area contributed by atoms with Crippen LogP contribution in [-0.2, 0) is 9.53 Å². The maximum absolute atomic E-state index is 12.0.